The van der Waals surface area contributed by atoms with Gasteiger partial charge in [-0.15, -0.1) is 0 Å². The minimum atomic E-state index is -0.995. The molecule has 1 fully saturated rings. The summed E-state index contributed by atoms with van der Waals surface area (Å²) in [7, 11) is 3.01. The van der Waals surface area contributed by atoms with Crippen molar-refractivity contribution in [3.8, 4) is 22.9 Å². The molecule has 0 spiro atoms. The third-order valence-electron chi connectivity index (χ3n) is 7.98. The number of aliphatic hydroxyl groups is 1. The number of amides is 1. The fourth-order valence-electron chi connectivity index (χ4n) is 5.48. The molecule has 0 radical (unpaired) electrons. The number of methoxy groups -OCH3 is 2. The van der Waals surface area contributed by atoms with Gasteiger partial charge >= 0.3 is 12.1 Å². The first-order chi connectivity index (χ1) is 24.2. The Hall–Kier alpha value is -5.08. The Kier molecular flexibility index (Phi) is 11.0. The van der Waals surface area contributed by atoms with E-state index in [9.17, 15) is 19.5 Å². The summed E-state index contributed by atoms with van der Waals surface area (Å²) in [6, 6.07) is 8.48. The number of nitrogens with zero attached hydrogens (tertiary/aromatic N) is 2. The van der Waals surface area contributed by atoms with Crippen LogP contribution in [0.1, 0.15) is 49.2 Å². The highest BCUT2D eigenvalue weighted by Gasteiger charge is 2.36. The molecule has 51 heavy (non-hydrogen) atoms. The molecule has 0 bridgehead atoms. The number of pyridine rings is 1. The van der Waals surface area contributed by atoms with Gasteiger partial charge in [0.2, 0.25) is 5.43 Å². The van der Waals surface area contributed by atoms with Crippen LogP contribution in [0.25, 0.3) is 16.6 Å². The molecule has 0 aliphatic carbocycles. The number of halogens is 3. The number of likely N-dealkylation sites (tertiary alicyclic amines) is 1. The summed E-state index contributed by atoms with van der Waals surface area (Å²) in [5.41, 5.74) is -1.31. The lowest BCUT2D eigenvalue weighted by Gasteiger charge is -2.39. The van der Waals surface area contributed by atoms with Crippen molar-refractivity contribution in [1.29, 1.82) is 0 Å². The highest BCUT2D eigenvalue weighted by atomic mass is 35.5. The third kappa shape index (κ3) is 7.81. The zero-order valence-electron chi connectivity index (χ0n) is 28.9. The molecule has 0 atom stereocenters. The Balaban J connectivity index is 1.60. The second-order valence-electron chi connectivity index (χ2n) is 12.6. The van der Waals surface area contributed by atoms with E-state index in [0.717, 1.165) is 18.3 Å². The SMILES string of the molecule is CCOC(=O)c1cn(-c2cc(NCc3ccc(OC)cc3OC)c(F)cc2CO)c2c(Cl)c(OC3CN(C(=O)OC(C)(C)C)C3)c(F)cc2c1=O. The van der Waals surface area contributed by atoms with Gasteiger partial charge in [0, 0.05) is 29.9 Å². The Morgan fingerprint density at radius 2 is 1.76 bits per heavy atom. The molecule has 3 aromatic carbocycles. The van der Waals surface area contributed by atoms with Crippen molar-refractivity contribution >= 4 is 40.3 Å². The number of rotatable bonds is 11. The molecule has 272 valence electrons. The van der Waals surface area contributed by atoms with Gasteiger partial charge in [0.15, 0.2) is 11.6 Å². The van der Waals surface area contributed by atoms with E-state index < -0.39 is 58.8 Å². The number of esters is 1. The average molecular weight is 730 g/mol. The van der Waals surface area contributed by atoms with Crippen molar-refractivity contribution in [2.75, 3.05) is 39.2 Å². The normalized spacial score (nSPS) is 13.1. The molecule has 1 aliphatic rings. The maximum atomic E-state index is 15.7. The monoisotopic (exact) mass is 729 g/mol. The van der Waals surface area contributed by atoms with Crippen LogP contribution in [-0.4, -0.2) is 72.3 Å². The summed E-state index contributed by atoms with van der Waals surface area (Å²) in [5, 5.41) is 12.7. The largest absolute Gasteiger partial charge is 0.497 e. The van der Waals surface area contributed by atoms with Crippen molar-refractivity contribution in [1.82, 2.24) is 9.47 Å². The molecule has 0 unspecified atom stereocenters. The van der Waals surface area contributed by atoms with Crippen LogP contribution in [0, 0.1) is 11.6 Å². The number of benzene rings is 3. The smallest absolute Gasteiger partial charge is 0.410 e. The molecule has 4 aromatic rings. The average Bonchev–Trinajstić information content (AvgIpc) is 3.06. The molecule has 0 saturated carbocycles. The molecule has 12 nitrogen and oxygen atoms in total. The zero-order chi connectivity index (χ0) is 37.2. The Labute approximate surface area is 297 Å². The number of ether oxygens (including phenoxy) is 5. The van der Waals surface area contributed by atoms with Crippen molar-refractivity contribution in [2.24, 2.45) is 0 Å². The zero-order valence-corrected chi connectivity index (χ0v) is 29.7. The summed E-state index contributed by atoms with van der Waals surface area (Å²) in [5.74, 6) is -2.05. The molecule has 5 rings (SSSR count). The number of fused-ring (bicyclic) bond motifs is 1. The first-order valence-corrected chi connectivity index (χ1v) is 16.3. The first kappa shape index (κ1) is 37.2. The number of nitrogens with one attached hydrogen (secondary N) is 1. The lowest BCUT2D eigenvalue weighted by molar-refractivity contribution is -0.0228. The van der Waals surface area contributed by atoms with Gasteiger partial charge in [-0.25, -0.2) is 18.4 Å². The third-order valence-corrected chi connectivity index (χ3v) is 8.33. The number of anilines is 1. The van der Waals surface area contributed by atoms with E-state index in [4.69, 9.17) is 35.3 Å². The second-order valence-corrected chi connectivity index (χ2v) is 13.0. The fourth-order valence-corrected chi connectivity index (χ4v) is 5.81. The Morgan fingerprint density at radius 1 is 1.04 bits per heavy atom. The van der Waals surface area contributed by atoms with Crippen LogP contribution in [0.3, 0.4) is 0 Å². The lowest BCUT2D eigenvalue weighted by atomic mass is 10.1. The maximum Gasteiger partial charge on any atom is 0.410 e. The van der Waals surface area contributed by atoms with Crippen LogP contribution in [-0.2, 0) is 22.6 Å². The van der Waals surface area contributed by atoms with Gasteiger partial charge in [-0.3, -0.25) is 4.79 Å². The number of hydrogen-bond donors (Lipinski definition) is 2. The van der Waals surface area contributed by atoms with Crippen molar-refractivity contribution in [2.45, 2.75) is 52.6 Å². The lowest BCUT2D eigenvalue weighted by Crippen LogP contribution is -2.57. The maximum absolute atomic E-state index is 15.7. The number of hydrogen-bond acceptors (Lipinski definition) is 10. The molecule has 1 saturated heterocycles. The van der Waals surface area contributed by atoms with Crippen molar-refractivity contribution < 1.29 is 47.2 Å². The van der Waals surface area contributed by atoms with E-state index in [-0.39, 0.29) is 59.1 Å². The minimum absolute atomic E-state index is 0.0176. The van der Waals surface area contributed by atoms with Crippen LogP contribution in [0.2, 0.25) is 5.02 Å². The number of carbonyl (C=O) groups is 2. The topological polar surface area (TPSA) is 138 Å². The van der Waals surface area contributed by atoms with Crippen molar-refractivity contribution in [3.05, 3.63) is 86.2 Å². The summed E-state index contributed by atoms with van der Waals surface area (Å²) in [4.78, 5) is 40.4. The van der Waals surface area contributed by atoms with Crippen LogP contribution >= 0.6 is 11.6 Å². The van der Waals surface area contributed by atoms with Crippen LogP contribution in [0.15, 0.2) is 47.4 Å². The highest BCUT2D eigenvalue weighted by molar-refractivity contribution is 6.36. The molecule has 2 heterocycles. The van der Waals surface area contributed by atoms with E-state index in [1.165, 1.54) is 29.8 Å². The van der Waals surface area contributed by atoms with Gasteiger partial charge < -0.3 is 43.6 Å². The second kappa shape index (κ2) is 15.0. The predicted octanol–water partition coefficient (Wildman–Crippen LogP) is 6.22. The van der Waals surface area contributed by atoms with Gasteiger partial charge in [0.05, 0.1) is 62.8 Å². The van der Waals surface area contributed by atoms with Gasteiger partial charge in [-0.1, -0.05) is 11.6 Å². The number of aromatic nitrogens is 1. The van der Waals surface area contributed by atoms with E-state index in [1.54, 1.807) is 45.9 Å². The number of carbonyl (C=O) groups excluding carboxylic acids is 2. The summed E-state index contributed by atoms with van der Waals surface area (Å²) >= 11 is 6.82. The quantitative estimate of drug-likeness (QED) is 0.171. The van der Waals surface area contributed by atoms with E-state index >= 15 is 8.78 Å². The molecule has 2 N–H and O–H groups in total. The minimum Gasteiger partial charge on any atom is -0.497 e. The fraction of sp³-hybridized carbons (Fsp3) is 0.361. The molecule has 15 heteroatoms. The van der Waals surface area contributed by atoms with Crippen LogP contribution in [0.4, 0.5) is 19.3 Å². The molecular weight excluding hydrogens is 692 g/mol. The van der Waals surface area contributed by atoms with E-state index in [0.29, 0.717) is 17.1 Å². The van der Waals surface area contributed by atoms with Gasteiger partial charge in [-0.2, -0.15) is 0 Å². The molecule has 1 aromatic heterocycles. The van der Waals surface area contributed by atoms with Crippen LogP contribution in [0.5, 0.6) is 17.2 Å². The van der Waals surface area contributed by atoms with Crippen molar-refractivity contribution in [3.63, 3.8) is 0 Å². The van der Waals surface area contributed by atoms with Gasteiger partial charge in [0.25, 0.3) is 0 Å². The summed E-state index contributed by atoms with van der Waals surface area (Å²) in [6.45, 7) is 6.31. The van der Waals surface area contributed by atoms with E-state index in [1.807, 2.05) is 0 Å². The standard InChI is InChI=1S/C36H38ClF2N3O9/c1-7-49-34(45)24-17-42(28-13-27(25(38)10-20(28)18-43)40-14-19-8-9-21(47-5)11-29(19)48-6)31-23(32(24)44)12-26(39)33(30(31)37)50-22-15-41(16-22)35(46)51-36(2,3)4/h8-13,17,22,40,43H,7,14-16,18H2,1-6H3. The summed E-state index contributed by atoms with van der Waals surface area (Å²) in [6.07, 6.45) is -0.0760. The van der Waals surface area contributed by atoms with Gasteiger partial charge in [0.1, 0.15) is 39.6 Å². The molecular formula is C36H38ClF2N3O9. The predicted molar refractivity (Wildman–Crippen MR) is 185 cm³/mol. The Morgan fingerprint density at radius 3 is 2.39 bits per heavy atom. The first-order valence-electron chi connectivity index (χ1n) is 16.0. The molecule has 1 aliphatic heterocycles. The highest BCUT2D eigenvalue weighted by Crippen LogP contribution is 2.39. The van der Waals surface area contributed by atoms with Crippen LogP contribution < -0.4 is 25.0 Å². The van der Waals surface area contributed by atoms with E-state index in [2.05, 4.69) is 5.32 Å². The summed E-state index contributed by atoms with van der Waals surface area (Å²) < 4.78 is 59.6. The van der Waals surface area contributed by atoms with Gasteiger partial charge in [-0.05, 0) is 58.0 Å². The number of aliphatic hydroxyl groups excluding tert-OH is 1. The Bertz CT molecular complexity index is 2040. The molecule has 1 amide bonds.